The second kappa shape index (κ2) is 5.99. The first kappa shape index (κ1) is 13.8. The Hall–Kier alpha value is -0.650. The molecule has 2 rings (SSSR count). The zero-order chi connectivity index (χ0) is 13.1. The lowest BCUT2D eigenvalue weighted by Gasteiger charge is -2.21. The number of rotatable bonds is 2. The minimum absolute atomic E-state index is 0.149. The van der Waals surface area contributed by atoms with Crippen LogP contribution in [0, 0.1) is 11.7 Å². The van der Waals surface area contributed by atoms with Gasteiger partial charge in [0.2, 0.25) is 5.91 Å². The average molecular weight is 337 g/mol. The number of anilines is 1. The highest BCUT2D eigenvalue weighted by Crippen LogP contribution is 2.32. The van der Waals surface area contributed by atoms with Crippen LogP contribution in [0.3, 0.4) is 0 Å². The summed E-state index contributed by atoms with van der Waals surface area (Å²) in [5.74, 6) is -0.776. The highest BCUT2D eigenvalue weighted by molar-refractivity contribution is 9.10. The molecule has 1 atom stereocenters. The molecule has 6 heteroatoms. The summed E-state index contributed by atoms with van der Waals surface area (Å²) in [6.07, 6.45) is 1.67. The molecular formula is C12H12BrClFNO2. The molecule has 0 spiro atoms. The van der Waals surface area contributed by atoms with E-state index in [2.05, 4.69) is 21.2 Å². The highest BCUT2D eigenvalue weighted by atomic mass is 79.9. The Labute approximate surface area is 118 Å². The number of halogens is 3. The Morgan fingerprint density at radius 2 is 2.33 bits per heavy atom. The van der Waals surface area contributed by atoms with Gasteiger partial charge in [0.05, 0.1) is 23.2 Å². The number of amides is 1. The SMILES string of the molecule is O=C(Nc1c(Cl)cc(F)cc1Br)C1CCCOC1. The molecule has 1 unspecified atom stereocenters. The van der Waals surface area contributed by atoms with E-state index in [0.717, 1.165) is 12.8 Å². The van der Waals surface area contributed by atoms with Crippen molar-refractivity contribution in [3.8, 4) is 0 Å². The van der Waals surface area contributed by atoms with Gasteiger partial charge in [0.15, 0.2) is 0 Å². The lowest BCUT2D eigenvalue weighted by Crippen LogP contribution is -2.30. The van der Waals surface area contributed by atoms with E-state index in [4.69, 9.17) is 16.3 Å². The van der Waals surface area contributed by atoms with Crippen molar-refractivity contribution in [2.75, 3.05) is 18.5 Å². The summed E-state index contributed by atoms with van der Waals surface area (Å²) in [4.78, 5) is 12.0. The van der Waals surface area contributed by atoms with Gasteiger partial charge < -0.3 is 10.1 Å². The quantitative estimate of drug-likeness (QED) is 0.896. The van der Waals surface area contributed by atoms with Crippen molar-refractivity contribution < 1.29 is 13.9 Å². The van der Waals surface area contributed by atoms with Gasteiger partial charge in [-0.05, 0) is 40.9 Å². The summed E-state index contributed by atoms with van der Waals surface area (Å²) in [6.45, 7) is 1.12. The van der Waals surface area contributed by atoms with Gasteiger partial charge in [-0.25, -0.2) is 4.39 Å². The largest absolute Gasteiger partial charge is 0.381 e. The summed E-state index contributed by atoms with van der Waals surface area (Å²) in [6, 6.07) is 2.43. The first-order chi connectivity index (χ1) is 8.58. The molecule has 3 nitrogen and oxygen atoms in total. The molecule has 1 fully saturated rings. The molecule has 1 N–H and O–H groups in total. The molecule has 0 aliphatic carbocycles. The molecule has 1 saturated heterocycles. The fraction of sp³-hybridized carbons (Fsp3) is 0.417. The summed E-state index contributed by atoms with van der Waals surface area (Å²) >= 11 is 9.08. The van der Waals surface area contributed by atoms with E-state index in [1.807, 2.05) is 0 Å². The standard InChI is InChI=1S/C12H12BrClFNO2/c13-9-4-8(15)5-10(14)11(9)16-12(17)7-2-1-3-18-6-7/h4-5,7H,1-3,6H2,(H,16,17). The third-order valence-corrected chi connectivity index (χ3v) is 3.71. The number of carbonyl (C=O) groups is 1. The van der Waals surface area contributed by atoms with Gasteiger partial charge in [-0.15, -0.1) is 0 Å². The predicted molar refractivity (Wildman–Crippen MR) is 71.3 cm³/mol. The summed E-state index contributed by atoms with van der Waals surface area (Å²) in [5, 5.41) is 2.88. The summed E-state index contributed by atoms with van der Waals surface area (Å²) < 4.78 is 18.7. The van der Waals surface area contributed by atoms with Gasteiger partial charge >= 0.3 is 0 Å². The van der Waals surface area contributed by atoms with Crippen molar-refractivity contribution in [1.29, 1.82) is 0 Å². The molecule has 18 heavy (non-hydrogen) atoms. The van der Waals surface area contributed by atoms with Gasteiger partial charge in [0.25, 0.3) is 0 Å². The Kier molecular flexibility index (Phi) is 4.59. The minimum atomic E-state index is -0.453. The number of ether oxygens (including phenoxy) is 1. The van der Waals surface area contributed by atoms with Gasteiger partial charge in [-0.3, -0.25) is 4.79 Å². The van der Waals surface area contributed by atoms with E-state index >= 15 is 0 Å². The molecule has 1 aliphatic rings. The molecule has 98 valence electrons. The van der Waals surface area contributed by atoms with E-state index in [1.165, 1.54) is 12.1 Å². The summed E-state index contributed by atoms with van der Waals surface area (Å²) in [5.41, 5.74) is 0.397. The molecule has 1 aliphatic heterocycles. The van der Waals surface area contributed by atoms with Crippen molar-refractivity contribution >= 4 is 39.1 Å². The second-order valence-corrected chi connectivity index (χ2v) is 5.41. The fourth-order valence-corrected chi connectivity index (χ4v) is 2.73. The number of carbonyl (C=O) groups excluding carboxylic acids is 1. The number of benzene rings is 1. The fourth-order valence-electron chi connectivity index (χ4n) is 1.83. The Morgan fingerprint density at radius 1 is 1.56 bits per heavy atom. The average Bonchev–Trinajstić information content (AvgIpc) is 2.34. The smallest absolute Gasteiger partial charge is 0.229 e. The van der Waals surface area contributed by atoms with Crippen LogP contribution < -0.4 is 5.32 Å². The van der Waals surface area contributed by atoms with Crippen LogP contribution in [-0.2, 0) is 9.53 Å². The Bertz CT molecular complexity index is 440. The lowest BCUT2D eigenvalue weighted by molar-refractivity contribution is -0.123. The monoisotopic (exact) mass is 335 g/mol. The number of hydrogen-bond acceptors (Lipinski definition) is 2. The van der Waals surface area contributed by atoms with Crippen LogP contribution in [0.4, 0.5) is 10.1 Å². The van der Waals surface area contributed by atoms with Crippen LogP contribution in [0.2, 0.25) is 5.02 Å². The van der Waals surface area contributed by atoms with Crippen molar-refractivity contribution in [3.63, 3.8) is 0 Å². The normalized spacial score (nSPS) is 19.6. The van der Waals surface area contributed by atoms with E-state index in [0.29, 0.717) is 23.4 Å². The predicted octanol–water partition coefficient (Wildman–Crippen LogP) is 3.61. The molecule has 1 aromatic carbocycles. The van der Waals surface area contributed by atoms with E-state index < -0.39 is 5.82 Å². The van der Waals surface area contributed by atoms with Crippen molar-refractivity contribution in [2.45, 2.75) is 12.8 Å². The molecule has 0 bridgehead atoms. The molecule has 0 radical (unpaired) electrons. The second-order valence-electron chi connectivity index (χ2n) is 4.15. The van der Waals surface area contributed by atoms with Gasteiger partial charge in [-0.1, -0.05) is 11.6 Å². The maximum atomic E-state index is 13.1. The highest BCUT2D eigenvalue weighted by Gasteiger charge is 2.23. The van der Waals surface area contributed by atoms with E-state index in [1.54, 1.807) is 0 Å². The topological polar surface area (TPSA) is 38.3 Å². The molecule has 0 aromatic heterocycles. The minimum Gasteiger partial charge on any atom is -0.381 e. The Balaban J connectivity index is 2.11. The Morgan fingerprint density at radius 3 is 2.94 bits per heavy atom. The lowest BCUT2D eigenvalue weighted by atomic mass is 10.0. The van der Waals surface area contributed by atoms with Crippen LogP contribution in [0.15, 0.2) is 16.6 Å². The maximum Gasteiger partial charge on any atom is 0.229 e. The molecule has 1 amide bonds. The van der Waals surface area contributed by atoms with Crippen molar-refractivity contribution in [1.82, 2.24) is 0 Å². The van der Waals surface area contributed by atoms with Gasteiger partial charge in [0, 0.05) is 11.1 Å². The van der Waals surface area contributed by atoms with E-state index in [9.17, 15) is 9.18 Å². The molecule has 1 heterocycles. The zero-order valence-corrected chi connectivity index (χ0v) is 11.9. The molecule has 1 aromatic rings. The van der Waals surface area contributed by atoms with Gasteiger partial charge in [0.1, 0.15) is 5.82 Å². The third kappa shape index (κ3) is 3.22. The molecule has 0 saturated carbocycles. The van der Waals surface area contributed by atoms with Crippen LogP contribution >= 0.6 is 27.5 Å². The van der Waals surface area contributed by atoms with Crippen LogP contribution in [-0.4, -0.2) is 19.1 Å². The number of hydrogen-bond donors (Lipinski definition) is 1. The van der Waals surface area contributed by atoms with Crippen molar-refractivity contribution in [3.05, 3.63) is 27.4 Å². The maximum absolute atomic E-state index is 13.1. The van der Waals surface area contributed by atoms with Crippen LogP contribution in [0.25, 0.3) is 0 Å². The van der Waals surface area contributed by atoms with Gasteiger partial charge in [-0.2, -0.15) is 0 Å². The van der Waals surface area contributed by atoms with Crippen molar-refractivity contribution in [2.24, 2.45) is 5.92 Å². The summed E-state index contributed by atoms with van der Waals surface area (Å²) in [7, 11) is 0. The van der Waals surface area contributed by atoms with Crippen LogP contribution in [0.5, 0.6) is 0 Å². The van der Waals surface area contributed by atoms with E-state index in [-0.39, 0.29) is 16.8 Å². The first-order valence-electron chi connectivity index (χ1n) is 5.61. The zero-order valence-electron chi connectivity index (χ0n) is 9.51. The first-order valence-corrected chi connectivity index (χ1v) is 6.78. The van der Waals surface area contributed by atoms with Crippen LogP contribution in [0.1, 0.15) is 12.8 Å². The third-order valence-electron chi connectivity index (χ3n) is 2.79. The number of nitrogens with one attached hydrogen (secondary N) is 1. The molecular weight excluding hydrogens is 324 g/mol.